The molecule has 0 fully saturated rings. The van der Waals surface area contributed by atoms with Crippen molar-refractivity contribution < 1.29 is 14.2 Å². The van der Waals surface area contributed by atoms with Crippen LogP contribution in [-0.4, -0.2) is 37.0 Å². The molecule has 2 aromatic carbocycles. The number of hydrogen-bond donors (Lipinski definition) is 0. The molecule has 0 saturated heterocycles. The van der Waals surface area contributed by atoms with E-state index in [0.717, 1.165) is 46.5 Å². The summed E-state index contributed by atoms with van der Waals surface area (Å²) in [6.07, 6.45) is 3.36. The predicted octanol–water partition coefficient (Wildman–Crippen LogP) is 3.48. The fourth-order valence-electron chi connectivity index (χ4n) is 4.47. The van der Waals surface area contributed by atoms with Gasteiger partial charge in [-0.15, -0.1) is 0 Å². The van der Waals surface area contributed by atoms with Gasteiger partial charge in [-0.3, -0.25) is 4.90 Å². The summed E-state index contributed by atoms with van der Waals surface area (Å²) in [5.74, 6) is 2.16. The normalized spacial score (nSPS) is 18.1. The van der Waals surface area contributed by atoms with Crippen LogP contribution in [0.2, 0.25) is 0 Å². The summed E-state index contributed by atoms with van der Waals surface area (Å²) in [6.45, 7) is 1.13. The Morgan fingerprint density at radius 1 is 1.29 bits per heavy atom. The zero-order chi connectivity index (χ0) is 19.3. The number of nitrogens with zero attached hydrogens (tertiary/aromatic N) is 3. The molecule has 6 heteroatoms. The lowest BCUT2D eigenvalue weighted by Crippen LogP contribution is -2.36. The number of hydrogen-bond acceptors (Lipinski definition) is 5. The van der Waals surface area contributed by atoms with E-state index >= 15 is 0 Å². The molecule has 6 nitrogen and oxygen atoms in total. The molecule has 2 aliphatic rings. The third-order valence-corrected chi connectivity index (χ3v) is 5.71. The van der Waals surface area contributed by atoms with Crippen molar-refractivity contribution >= 4 is 10.9 Å². The van der Waals surface area contributed by atoms with Crippen molar-refractivity contribution in [3.05, 3.63) is 53.2 Å². The maximum atomic E-state index is 9.28. The molecular weight excluding hydrogens is 354 g/mol. The van der Waals surface area contributed by atoms with Crippen LogP contribution in [0.1, 0.15) is 22.9 Å². The van der Waals surface area contributed by atoms with Gasteiger partial charge in [0, 0.05) is 29.2 Å². The Morgan fingerprint density at radius 2 is 2.14 bits per heavy atom. The summed E-state index contributed by atoms with van der Waals surface area (Å²) >= 11 is 0. The van der Waals surface area contributed by atoms with E-state index in [4.69, 9.17) is 14.2 Å². The number of methoxy groups -OCH3 is 1. The zero-order valence-corrected chi connectivity index (χ0v) is 15.9. The molecule has 0 bridgehead atoms. The van der Waals surface area contributed by atoms with Crippen molar-refractivity contribution in [2.45, 2.75) is 19.0 Å². The summed E-state index contributed by atoms with van der Waals surface area (Å²) in [4.78, 5) is 2.32. The molecule has 2 aliphatic heterocycles. The van der Waals surface area contributed by atoms with E-state index in [-0.39, 0.29) is 13.0 Å². The van der Waals surface area contributed by atoms with Gasteiger partial charge in [-0.05, 0) is 36.7 Å². The number of ether oxygens (including phenoxy) is 3. The van der Waals surface area contributed by atoms with Gasteiger partial charge in [0.1, 0.15) is 6.17 Å². The van der Waals surface area contributed by atoms with Crippen LogP contribution in [-0.2, 0) is 12.8 Å². The van der Waals surface area contributed by atoms with Gasteiger partial charge >= 0.3 is 0 Å². The van der Waals surface area contributed by atoms with Gasteiger partial charge < -0.3 is 18.8 Å². The van der Waals surface area contributed by atoms with Crippen LogP contribution in [0.5, 0.6) is 17.2 Å². The Kier molecular flexibility index (Phi) is 3.92. The smallest absolute Gasteiger partial charge is 0.231 e. The molecule has 28 heavy (non-hydrogen) atoms. The van der Waals surface area contributed by atoms with E-state index < -0.39 is 0 Å². The average Bonchev–Trinajstić information content (AvgIpc) is 3.32. The van der Waals surface area contributed by atoms with Crippen LogP contribution < -0.4 is 14.2 Å². The summed E-state index contributed by atoms with van der Waals surface area (Å²) in [7, 11) is 3.80. The van der Waals surface area contributed by atoms with Crippen LogP contribution >= 0.6 is 0 Å². The minimum absolute atomic E-state index is 0.0504. The molecule has 3 heterocycles. The minimum Gasteiger partial charge on any atom is -0.492 e. The third-order valence-electron chi connectivity index (χ3n) is 5.71. The highest BCUT2D eigenvalue weighted by molar-refractivity contribution is 5.84. The molecule has 0 unspecified atom stereocenters. The van der Waals surface area contributed by atoms with Crippen molar-refractivity contribution in [2.24, 2.45) is 0 Å². The van der Waals surface area contributed by atoms with Gasteiger partial charge in [-0.1, -0.05) is 18.2 Å². The van der Waals surface area contributed by atoms with Gasteiger partial charge in [0.25, 0.3) is 0 Å². The van der Waals surface area contributed by atoms with Gasteiger partial charge in [0.05, 0.1) is 19.6 Å². The molecule has 0 spiro atoms. The standard InChI is InChI=1S/C22H21N3O3/c1-24-10-8-14-11-18-20(28-13-27-18)21(26-2)19(14)22(24)25-12-15(7-9-23)16-5-3-4-6-17(16)25/h3-6,11-12,22H,7-8,10,13H2,1-2H3/t22-/m1/s1. The molecule has 0 radical (unpaired) electrons. The van der Waals surface area contributed by atoms with Gasteiger partial charge in [-0.25, -0.2) is 0 Å². The van der Waals surface area contributed by atoms with E-state index in [1.165, 1.54) is 5.56 Å². The van der Waals surface area contributed by atoms with Crippen molar-refractivity contribution in [1.29, 1.82) is 5.26 Å². The first-order valence-corrected chi connectivity index (χ1v) is 9.38. The highest BCUT2D eigenvalue weighted by Gasteiger charge is 2.35. The first-order chi connectivity index (χ1) is 13.7. The second kappa shape index (κ2) is 6.47. The van der Waals surface area contributed by atoms with Crippen molar-refractivity contribution in [3.8, 4) is 23.3 Å². The number of benzene rings is 2. The number of para-hydroxylation sites is 1. The molecule has 1 atom stereocenters. The second-order valence-corrected chi connectivity index (χ2v) is 7.23. The summed E-state index contributed by atoms with van der Waals surface area (Å²) in [5.41, 5.74) is 4.46. The Bertz CT molecular complexity index is 1110. The Morgan fingerprint density at radius 3 is 2.96 bits per heavy atom. The van der Waals surface area contributed by atoms with Crippen LogP contribution in [0.25, 0.3) is 10.9 Å². The van der Waals surface area contributed by atoms with E-state index in [9.17, 15) is 5.26 Å². The number of likely N-dealkylation sites (N-methyl/N-ethyl adjacent to an activating group) is 1. The average molecular weight is 375 g/mol. The second-order valence-electron chi connectivity index (χ2n) is 7.23. The van der Waals surface area contributed by atoms with Gasteiger partial charge in [0.15, 0.2) is 11.5 Å². The quantitative estimate of drug-likeness (QED) is 0.701. The molecule has 1 aromatic heterocycles. The van der Waals surface area contributed by atoms with Crippen molar-refractivity contribution in [1.82, 2.24) is 9.47 Å². The lowest BCUT2D eigenvalue weighted by atomic mass is 9.94. The zero-order valence-electron chi connectivity index (χ0n) is 15.9. The highest BCUT2D eigenvalue weighted by Crippen LogP contribution is 2.50. The minimum atomic E-state index is -0.0504. The van der Waals surface area contributed by atoms with E-state index in [0.29, 0.717) is 12.2 Å². The number of fused-ring (bicyclic) bond motifs is 3. The lowest BCUT2D eigenvalue weighted by Gasteiger charge is -2.37. The van der Waals surface area contributed by atoms with E-state index in [1.54, 1.807) is 7.11 Å². The number of aromatic nitrogens is 1. The van der Waals surface area contributed by atoms with E-state index in [1.807, 2.05) is 12.1 Å². The predicted molar refractivity (Wildman–Crippen MR) is 105 cm³/mol. The highest BCUT2D eigenvalue weighted by atomic mass is 16.7. The summed E-state index contributed by atoms with van der Waals surface area (Å²) in [5, 5.41) is 10.4. The molecule has 142 valence electrons. The van der Waals surface area contributed by atoms with Crippen LogP contribution in [0, 0.1) is 11.3 Å². The third kappa shape index (κ3) is 2.36. The number of rotatable bonds is 3. The van der Waals surface area contributed by atoms with E-state index in [2.05, 4.69) is 47.0 Å². The van der Waals surface area contributed by atoms with Crippen LogP contribution in [0.3, 0.4) is 0 Å². The Balaban J connectivity index is 1.77. The fourth-order valence-corrected chi connectivity index (χ4v) is 4.47. The van der Waals surface area contributed by atoms with Gasteiger partial charge in [-0.2, -0.15) is 5.26 Å². The molecule has 0 saturated carbocycles. The molecule has 3 aromatic rings. The summed E-state index contributed by atoms with van der Waals surface area (Å²) in [6, 6.07) is 12.6. The lowest BCUT2D eigenvalue weighted by molar-refractivity contribution is 0.170. The largest absolute Gasteiger partial charge is 0.492 e. The van der Waals surface area contributed by atoms with Crippen molar-refractivity contribution in [3.63, 3.8) is 0 Å². The maximum absolute atomic E-state index is 9.28. The Labute approximate surface area is 163 Å². The first-order valence-electron chi connectivity index (χ1n) is 9.38. The van der Waals surface area contributed by atoms with Crippen molar-refractivity contribution in [2.75, 3.05) is 27.5 Å². The summed E-state index contributed by atoms with van der Waals surface area (Å²) < 4.78 is 19.4. The van der Waals surface area contributed by atoms with Crippen LogP contribution in [0.4, 0.5) is 0 Å². The molecular formula is C22H21N3O3. The molecule has 0 N–H and O–H groups in total. The molecule has 5 rings (SSSR count). The topological polar surface area (TPSA) is 59.7 Å². The number of nitriles is 1. The maximum Gasteiger partial charge on any atom is 0.231 e. The molecule has 0 amide bonds. The first kappa shape index (κ1) is 17.0. The Hall–Kier alpha value is -3.17. The SMILES string of the molecule is COc1c2c(cc3c1[C@@H](n1cc(CC#N)c4ccccc41)N(C)CC3)OCO2. The van der Waals surface area contributed by atoms with Gasteiger partial charge in [0.2, 0.25) is 12.5 Å². The monoisotopic (exact) mass is 375 g/mol. The fraction of sp³-hybridized carbons (Fsp3) is 0.318. The van der Waals surface area contributed by atoms with Crippen LogP contribution in [0.15, 0.2) is 36.5 Å². The molecule has 0 aliphatic carbocycles.